The number of aliphatic carboxylic acids is 1. The molecule has 0 aliphatic heterocycles. The van der Waals surface area contributed by atoms with Gasteiger partial charge in [-0.25, -0.2) is 4.79 Å². The van der Waals surface area contributed by atoms with Crippen molar-refractivity contribution in [2.75, 3.05) is 0 Å². The normalized spacial score (nSPS) is 17.2. The van der Waals surface area contributed by atoms with Crippen molar-refractivity contribution in [1.82, 2.24) is 0 Å². The summed E-state index contributed by atoms with van der Waals surface area (Å²) in [6.45, 7) is 0. The largest absolute Gasteiger partial charge is 0.479 e. The average molecular weight is 250 g/mol. The molecule has 0 radical (unpaired) electrons. The lowest BCUT2D eigenvalue weighted by molar-refractivity contribution is -0.287. The Balaban J connectivity index is 3.23. The van der Waals surface area contributed by atoms with E-state index in [1.54, 1.807) is 0 Å². The van der Waals surface area contributed by atoms with E-state index in [4.69, 9.17) is 5.11 Å². The molecular formula is C10H9F3O4. The van der Waals surface area contributed by atoms with Crippen LogP contribution in [0.15, 0.2) is 30.3 Å². The van der Waals surface area contributed by atoms with Crippen molar-refractivity contribution < 1.29 is 33.3 Å². The third-order valence-corrected chi connectivity index (χ3v) is 2.27. The SMILES string of the molecule is O=C(O)C(O)(C(O)c1ccccc1)C(F)(F)F. The zero-order valence-electron chi connectivity index (χ0n) is 8.35. The zero-order chi connectivity index (χ0) is 13.3. The highest BCUT2D eigenvalue weighted by molar-refractivity contribution is 5.79. The Kier molecular flexibility index (Phi) is 3.44. The third kappa shape index (κ3) is 2.25. The fourth-order valence-electron chi connectivity index (χ4n) is 1.27. The van der Waals surface area contributed by atoms with Crippen LogP contribution >= 0.6 is 0 Å². The van der Waals surface area contributed by atoms with E-state index in [-0.39, 0.29) is 5.56 Å². The molecule has 0 aromatic heterocycles. The van der Waals surface area contributed by atoms with Crippen LogP contribution in [0.5, 0.6) is 0 Å². The molecule has 2 atom stereocenters. The Hall–Kier alpha value is -1.60. The Morgan fingerprint density at radius 3 is 2.00 bits per heavy atom. The predicted octanol–water partition coefficient (Wildman–Crippen LogP) is 1.10. The molecule has 4 nitrogen and oxygen atoms in total. The van der Waals surface area contributed by atoms with Crippen LogP contribution in [-0.2, 0) is 4.79 Å². The quantitative estimate of drug-likeness (QED) is 0.750. The van der Waals surface area contributed by atoms with Crippen molar-refractivity contribution in [3.63, 3.8) is 0 Å². The van der Waals surface area contributed by atoms with Gasteiger partial charge in [-0.1, -0.05) is 30.3 Å². The van der Waals surface area contributed by atoms with Gasteiger partial charge in [-0.2, -0.15) is 13.2 Å². The number of carboxylic acid groups (broad SMARTS) is 1. The van der Waals surface area contributed by atoms with Gasteiger partial charge in [-0.05, 0) is 5.56 Å². The number of halogens is 3. The molecule has 1 aromatic rings. The molecule has 17 heavy (non-hydrogen) atoms. The summed E-state index contributed by atoms with van der Waals surface area (Å²) in [4.78, 5) is 10.6. The molecule has 0 amide bonds. The second-order valence-electron chi connectivity index (χ2n) is 3.38. The average Bonchev–Trinajstić information content (AvgIpc) is 2.26. The molecule has 0 aliphatic rings. The Morgan fingerprint density at radius 2 is 1.65 bits per heavy atom. The molecule has 0 bridgehead atoms. The molecule has 0 fully saturated rings. The number of benzene rings is 1. The highest BCUT2D eigenvalue weighted by atomic mass is 19.4. The number of carbonyl (C=O) groups is 1. The molecule has 7 heteroatoms. The van der Waals surface area contributed by atoms with Gasteiger partial charge in [-0.15, -0.1) is 0 Å². The van der Waals surface area contributed by atoms with Crippen LogP contribution in [0, 0.1) is 0 Å². The number of rotatable bonds is 3. The van der Waals surface area contributed by atoms with Crippen LogP contribution < -0.4 is 0 Å². The highest BCUT2D eigenvalue weighted by Crippen LogP contribution is 2.40. The maximum absolute atomic E-state index is 12.5. The van der Waals surface area contributed by atoms with E-state index >= 15 is 0 Å². The van der Waals surface area contributed by atoms with Crippen molar-refractivity contribution in [3.05, 3.63) is 35.9 Å². The Morgan fingerprint density at radius 1 is 1.18 bits per heavy atom. The summed E-state index contributed by atoms with van der Waals surface area (Å²) in [7, 11) is 0. The summed E-state index contributed by atoms with van der Waals surface area (Å²) in [6, 6.07) is 6.28. The van der Waals surface area contributed by atoms with Crippen molar-refractivity contribution >= 4 is 5.97 Å². The van der Waals surface area contributed by atoms with E-state index in [2.05, 4.69) is 0 Å². The van der Waals surface area contributed by atoms with Gasteiger partial charge in [-0.3, -0.25) is 0 Å². The maximum atomic E-state index is 12.5. The summed E-state index contributed by atoms with van der Waals surface area (Å²) in [5, 5.41) is 27.0. The number of hydrogen-bond donors (Lipinski definition) is 3. The van der Waals surface area contributed by atoms with Gasteiger partial charge in [0, 0.05) is 0 Å². The first-order valence-electron chi connectivity index (χ1n) is 4.46. The van der Waals surface area contributed by atoms with Gasteiger partial charge < -0.3 is 15.3 Å². The second kappa shape index (κ2) is 4.34. The molecule has 94 valence electrons. The Bertz CT molecular complexity index is 404. The number of aliphatic hydroxyl groups is 2. The van der Waals surface area contributed by atoms with Gasteiger partial charge in [0.1, 0.15) is 6.10 Å². The summed E-state index contributed by atoms with van der Waals surface area (Å²) in [5.41, 5.74) is -4.57. The first-order valence-corrected chi connectivity index (χ1v) is 4.46. The minimum absolute atomic E-state index is 0.338. The van der Waals surface area contributed by atoms with Crippen LogP contribution in [0.2, 0.25) is 0 Å². The van der Waals surface area contributed by atoms with Crippen LogP contribution in [0.4, 0.5) is 13.2 Å². The van der Waals surface area contributed by atoms with Gasteiger partial charge in [0.05, 0.1) is 0 Å². The van der Waals surface area contributed by atoms with E-state index in [9.17, 15) is 28.2 Å². The van der Waals surface area contributed by atoms with Crippen molar-refractivity contribution in [1.29, 1.82) is 0 Å². The number of hydrogen-bond acceptors (Lipinski definition) is 3. The molecule has 2 unspecified atom stereocenters. The van der Waals surface area contributed by atoms with Crippen molar-refractivity contribution in [2.45, 2.75) is 17.9 Å². The zero-order valence-corrected chi connectivity index (χ0v) is 8.35. The topological polar surface area (TPSA) is 77.8 Å². The lowest BCUT2D eigenvalue weighted by atomic mass is 9.90. The van der Waals surface area contributed by atoms with Gasteiger partial charge >= 0.3 is 12.1 Å². The molecular weight excluding hydrogens is 241 g/mol. The number of aliphatic hydroxyl groups excluding tert-OH is 1. The lowest BCUT2D eigenvalue weighted by Crippen LogP contribution is -2.56. The number of carboxylic acids is 1. The van der Waals surface area contributed by atoms with E-state index in [0.29, 0.717) is 0 Å². The first kappa shape index (κ1) is 13.5. The first-order chi connectivity index (χ1) is 7.71. The standard InChI is InChI=1S/C10H9F3O4/c11-10(12,13)9(17,8(15)16)7(14)6-4-2-1-3-5-6/h1-5,7,14,17H,(H,15,16). The molecule has 0 saturated heterocycles. The Labute approximate surface area is 93.9 Å². The molecule has 3 N–H and O–H groups in total. The van der Waals surface area contributed by atoms with Crippen LogP contribution in [-0.4, -0.2) is 33.1 Å². The molecule has 0 saturated carbocycles. The molecule has 0 aliphatic carbocycles. The van der Waals surface area contributed by atoms with E-state index in [0.717, 1.165) is 12.1 Å². The third-order valence-electron chi connectivity index (χ3n) is 2.27. The smallest absolute Gasteiger partial charge is 0.431 e. The van der Waals surface area contributed by atoms with Crippen LogP contribution in [0.25, 0.3) is 0 Å². The summed E-state index contributed by atoms with van der Waals surface area (Å²) in [6.07, 6.45) is -8.09. The molecule has 0 heterocycles. The second-order valence-corrected chi connectivity index (χ2v) is 3.38. The molecule has 1 aromatic carbocycles. The fourth-order valence-corrected chi connectivity index (χ4v) is 1.27. The minimum atomic E-state index is -5.49. The highest BCUT2D eigenvalue weighted by Gasteiger charge is 2.65. The van der Waals surface area contributed by atoms with E-state index in [1.165, 1.54) is 18.2 Å². The van der Waals surface area contributed by atoms with Crippen LogP contribution in [0.1, 0.15) is 11.7 Å². The van der Waals surface area contributed by atoms with Gasteiger partial charge in [0.15, 0.2) is 0 Å². The summed E-state index contributed by atoms with van der Waals surface area (Å²) < 4.78 is 37.5. The molecule has 0 spiro atoms. The summed E-state index contributed by atoms with van der Waals surface area (Å²) in [5.74, 6) is -2.55. The number of alkyl halides is 3. The monoisotopic (exact) mass is 250 g/mol. The minimum Gasteiger partial charge on any atom is -0.479 e. The summed E-state index contributed by atoms with van der Waals surface area (Å²) >= 11 is 0. The van der Waals surface area contributed by atoms with Gasteiger partial charge in [0.25, 0.3) is 5.60 Å². The van der Waals surface area contributed by atoms with E-state index < -0.39 is 23.9 Å². The van der Waals surface area contributed by atoms with Crippen molar-refractivity contribution in [3.8, 4) is 0 Å². The lowest BCUT2D eigenvalue weighted by Gasteiger charge is -2.30. The maximum Gasteiger partial charge on any atom is 0.431 e. The van der Waals surface area contributed by atoms with Crippen molar-refractivity contribution in [2.24, 2.45) is 0 Å². The van der Waals surface area contributed by atoms with Gasteiger partial charge in [0.2, 0.25) is 0 Å². The van der Waals surface area contributed by atoms with Crippen LogP contribution in [0.3, 0.4) is 0 Å². The fraction of sp³-hybridized carbons (Fsp3) is 0.300. The van der Waals surface area contributed by atoms with E-state index in [1.807, 2.05) is 0 Å². The predicted molar refractivity (Wildman–Crippen MR) is 50.0 cm³/mol. The molecule has 1 rings (SSSR count).